The summed E-state index contributed by atoms with van der Waals surface area (Å²) in [6, 6.07) is 3.43. The largest absolute Gasteiger partial charge is 0.463 e. The molecular formula is C14H21NO5S. The van der Waals surface area contributed by atoms with Gasteiger partial charge in [0.15, 0.2) is 0 Å². The van der Waals surface area contributed by atoms with Gasteiger partial charge in [0.05, 0.1) is 5.54 Å². The van der Waals surface area contributed by atoms with Crippen LogP contribution in [0.15, 0.2) is 17.0 Å². The Bertz CT molecular complexity index is 635. The Labute approximate surface area is 125 Å². The number of amides is 1. The fourth-order valence-corrected chi connectivity index (χ4v) is 3.59. The Kier molecular flexibility index (Phi) is 4.70. The van der Waals surface area contributed by atoms with Crippen LogP contribution in [0.5, 0.6) is 0 Å². The van der Waals surface area contributed by atoms with Crippen molar-refractivity contribution in [2.75, 3.05) is 0 Å². The van der Waals surface area contributed by atoms with Crippen LogP contribution in [0, 0.1) is 20.8 Å². The molecule has 6 nitrogen and oxygen atoms in total. The molecule has 0 spiro atoms. The van der Waals surface area contributed by atoms with Crippen LogP contribution in [0.4, 0.5) is 4.79 Å². The normalized spacial score (nSPS) is 12.3. The average Bonchev–Trinajstić information content (AvgIpc) is 2.21. The molecule has 118 valence electrons. The van der Waals surface area contributed by atoms with Gasteiger partial charge in [-0.3, -0.25) is 0 Å². The van der Waals surface area contributed by atoms with Crippen LogP contribution in [0.1, 0.15) is 37.5 Å². The van der Waals surface area contributed by atoms with Gasteiger partial charge in [-0.15, -0.1) is 4.28 Å². The molecule has 1 aromatic rings. The maximum absolute atomic E-state index is 12.4. The summed E-state index contributed by atoms with van der Waals surface area (Å²) in [5.41, 5.74) is 0.958. The summed E-state index contributed by atoms with van der Waals surface area (Å²) in [4.78, 5) is 11.2. The standard InChI is InChI=1S/C14H21NO5S/c1-9-7-10(2)12(11(3)8-9)21(18,19)20-15(13(16)17)14(4,5)6/h7-8H,1-6H3,(H,16,17). The molecule has 0 aliphatic heterocycles. The van der Waals surface area contributed by atoms with E-state index in [1.807, 2.05) is 6.92 Å². The van der Waals surface area contributed by atoms with Crippen molar-refractivity contribution >= 4 is 16.2 Å². The lowest BCUT2D eigenvalue weighted by Crippen LogP contribution is -2.46. The lowest BCUT2D eigenvalue weighted by atomic mass is 10.1. The SMILES string of the molecule is Cc1cc(C)c(S(=O)(=O)ON(C(=O)O)C(C)(C)C)c(C)c1. The second-order valence-corrected chi connectivity index (χ2v) is 7.47. The van der Waals surface area contributed by atoms with E-state index in [2.05, 4.69) is 0 Å². The van der Waals surface area contributed by atoms with Crippen LogP contribution in [-0.4, -0.2) is 30.2 Å². The van der Waals surface area contributed by atoms with Gasteiger partial charge in [0.2, 0.25) is 0 Å². The van der Waals surface area contributed by atoms with Gasteiger partial charge < -0.3 is 5.11 Å². The average molecular weight is 315 g/mol. The number of hydrogen-bond acceptors (Lipinski definition) is 4. The van der Waals surface area contributed by atoms with Crippen LogP contribution in [-0.2, 0) is 14.4 Å². The highest BCUT2D eigenvalue weighted by atomic mass is 32.2. The minimum absolute atomic E-state index is 0.00333. The number of hydroxylamine groups is 2. The van der Waals surface area contributed by atoms with E-state index in [4.69, 9.17) is 9.39 Å². The van der Waals surface area contributed by atoms with E-state index in [0.29, 0.717) is 16.2 Å². The number of carboxylic acid groups (broad SMARTS) is 1. The predicted molar refractivity (Wildman–Crippen MR) is 78.5 cm³/mol. The molecule has 21 heavy (non-hydrogen) atoms. The molecular weight excluding hydrogens is 294 g/mol. The second kappa shape index (κ2) is 5.65. The zero-order valence-electron chi connectivity index (χ0n) is 13.1. The first-order valence-electron chi connectivity index (χ1n) is 6.42. The van der Waals surface area contributed by atoms with Crippen molar-refractivity contribution in [2.45, 2.75) is 52.0 Å². The van der Waals surface area contributed by atoms with E-state index in [0.717, 1.165) is 5.56 Å². The molecule has 0 aliphatic rings. The maximum Gasteiger partial charge on any atom is 0.433 e. The summed E-state index contributed by atoms with van der Waals surface area (Å²) in [5.74, 6) is 0. The number of hydrogen-bond donors (Lipinski definition) is 1. The Morgan fingerprint density at radius 3 is 1.90 bits per heavy atom. The molecule has 0 radical (unpaired) electrons. The van der Waals surface area contributed by atoms with Gasteiger partial charge >= 0.3 is 16.2 Å². The van der Waals surface area contributed by atoms with E-state index >= 15 is 0 Å². The highest BCUT2D eigenvalue weighted by Crippen LogP contribution is 2.26. The van der Waals surface area contributed by atoms with Crippen molar-refractivity contribution < 1.29 is 22.6 Å². The Morgan fingerprint density at radius 2 is 1.57 bits per heavy atom. The smallest absolute Gasteiger partial charge is 0.433 e. The summed E-state index contributed by atoms with van der Waals surface area (Å²) >= 11 is 0. The third-order valence-corrected chi connectivity index (χ3v) is 4.30. The fraction of sp³-hybridized carbons (Fsp3) is 0.500. The number of benzene rings is 1. The minimum Gasteiger partial charge on any atom is -0.463 e. The van der Waals surface area contributed by atoms with Crippen LogP contribution in [0.3, 0.4) is 0 Å². The Morgan fingerprint density at radius 1 is 1.14 bits per heavy atom. The predicted octanol–water partition coefficient (Wildman–Crippen LogP) is 3.01. The molecule has 1 aromatic carbocycles. The van der Waals surface area contributed by atoms with Gasteiger partial charge in [-0.25, -0.2) is 4.79 Å². The van der Waals surface area contributed by atoms with Crippen LogP contribution in [0.2, 0.25) is 0 Å². The van der Waals surface area contributed by atoms with Crippen LogP contribution in [0.25, 0.3) is 0 Å². The third kappa shape index (κ3) is 3.95. The highest BCUT2D eigenvalue weighted by molar-refractivity contribution is 7.86. The number of carbonyl (C=O) groups is 1. The van der Waals surface area contributed by atoms with E-state index in [9.17, 15) is 13.2 Å². The van der Waals surface area contributed by atoms with E-state index in [1.165, 1.54) is 0 Å². The zero-order chi connectivity index (χ0) is 16.6. The van der Waals surface area contributed by atoms with Crippen molar-refractivity contribution in [3.8, 4) is 0 Å². The number of aryl methyl sites for hydroxylation is 3. The molecule has 1 rings (SSSR count). The first-order valence-corrected chi connectivity index (χ1v) is 7.82. The zero-order valence-corrected chi connectivity index (χ0v) is 13.9. The second-order valence-electron chi connectivity index (χ2n) is 6.00. The molecule has 0 saturated carbocycles. The lowest BCUT2D eigenvalue weighted by molar-refractivity contribution is -0.0908. The van der Waals surface area contributed by atoms with Crippen molar-refractivity contribution in [3.63, 3.8) is 0 Å². The molecule has 0 saturated heterocycles. The van der Waals surface area contributed by atoms with Crippen molar-refractivity contribution in [2.24, 2.45) is 0 Å². The van der Waals surface area contributed by atoms with Crippen LogP contribution < -0.4 is 0 Å². The molecule has 0 bridgehead atoms. The van der Waals surface area contributed by atoms with Gasteiger partial charge in [-0.05, 0) is 52.7 Å². The number of rotatable bonds is 3. The van der Waals surface area contributed by atoms with Crippen molar-refractivity contribution in [3.05, 3.63) is 28.8 Å². The molecule has 0 atom stereocenters. The van der Waals surface area contributed by atoms with Crippen molar-refractivity contribution in [1.82, 2.24) is 5.06 Å². The quantitative estimate of drug-likeness (QED) is 0.867. The van der Waals surface area contributed by atoms with Crippen LogP contribution >= 0.6 is 0 Å². The molecule has 0 aromatic heterocycles. The Hall–Kier alpha value is -1.60. The van der Waals surface area contributed by atoms with E-state index < -0.39 is 21.8 Å². The van der Waals surface area contributed by atoms with Gasteiger partial charge in [0.25, 0.3) is 0 Å². The number of nitrogens with zero attached hydrogens (tertiary/aromatic N) is 1. The van der Waals surface area contributed by atoms with E-state index in [1.54, 1.807) is 46.8 Å². The molecule has 0 unspecified atom stereocenters. The summed E-state index contributed by atoms with van der Waals surface area (Å²) in [5, 5.41) is 9.58. The van der Waals surface area contributed by atoms with Gasteiger partial charge in [-0.1, -0.05) is 17.7 Å². The first kappa shape index (κ1) is 17.5. The topological polar surface area (TPSA) is 83.9 Å². The van der Waals surface area contributed by atoms with Gasteiger partial charge in [0.1, 0.15) is 4.90 Å². The molecule has 0 fully saturated rings. The molecule has 7 heteroatoms. The van der Waals surface area contributed by atoms with Gasteiger partial charge in [-0.2, -0.15) is 13.5 Å². The maximum atomic E-state index is 12.4. The van der Waals surface area contributed by atoms with Crippen molar-refractivity contribution in [1.29, 1.82) is 0 Å². The molecule has 0 heterocycles. The van der Waals surface area contributed by atoms with E-state index in [-0.39, 0.29) is 4.90 Å². The summed E-state index contributed by atoms with van der Waals surface area (Å²) in [6.07, 6.45) is -1.46. The summed E-state index contributed by atoms with van der Waals surface area (Å²) in [6.45, 7) is 9.80. The van der Waals surface area contributed by atoms with Gasteiger partial charge in [0, 0.05) is 0 Å². The lowest BCUT2D eigenvalue weighted by Gasteiger charge is -2.30. The Balaban J connectivity index is 3.33. The molecule has 0 aliphatic carbocycles. The monoisotopic (exact) mass is 315 g/mol. The third-order valence-electron chi connectivity index (χ3n) is 2.81. The fourth-order valence-electron chi connectivity index (χ4n) is 2.13. The summed E-state index contributed by atoms with van der Waals surface area (Å²) in [7, 11) is -4.22. The minimum atomic E-state index is -4.22. The first-order chi connectivity index (χ1) is 9.36. The summed E-state index contributed by atoms with van der Waals surface area (Å²) < 4.78 is 29.7. The highest BCUT2D eigenvalue weighted by Gasteiger charge is 2.34. The molecule has 1 amide bonds. The molecule has 1 N–H and O–H groups in total.